The molecule has 78 valence electrons. The van der Waals surface area contributed by atoms with Crippen molar-refractivity contribution in [2.75, 3.05) is 36.1 Å². The standard InChI is InChI=1S/C8H15N5O/c1-2-10-6-5-7(11-3-4-14)13-8(9)12-6/h5,14H,2-4H2,1H3,(H4,9,10,11,12,13). The average Bonchev–Trinajstić information content (AvgIpc) is 2.14. The van der Waals surface area contributed by atoms with Crippen molar-refractivity contribution in [1.29, 1.82) is 0 Å². The van der Waals surface area contributed by atoms with E-state index < -0.39 is 0 Å². The van der Waals surface area contributed by atoms with Crippen molar-refractivity contribution in [1.82, 2.24) is 9.97 Å². The monoisotopic (exact) mass is 197 g/mol. The highest BCUT2D eigenvalue weighted by Crippen LogP contribution is 2.11. The molecule has 0 spiro atoms. The SMILES string of the molecule is CCNc1cc(NCCO)nc(N)n1. The van der Waals surface area contributed by atoms with Crippen LogP contribution >= 0.6 is 0 Å². The summed E-state index contributed by atoms with van der Waals surface area (Å²) in [5.41, 5.74) is 5.50. The number of hydrogen-bond donors (Lipinski definition) is 4. The Morgan fingerprint density at radius 2 is 2.00 bits per heavy atom. The Labute approximate surface area is 82.6 Å². The molecule has 6 heteroatoms. The quantitative estimate of drug-likeness (QED) is 0.526. The number of nitrogen functional groups attached to an aromatic ring is 1. The molecule has 6 nitrogen and oxygen atoms in total. The predicted molar refractivity (Wildman–Crippen MR) is 56.2 cm³/mol. The Morgan fingerprint density at radius 1 is 1.36 bits per heavy atom. The van der Waals surface area contributed by atoms with Gasteiger partial charge in [-0.1, -0.05) is 0 Å². The molecule has 0 fully saturated rings. The van der Waals surface area contributed by atoms with E-state index in [1.807, 2.05) is 6.92 Å². The number of nitrogens with two attached hydrogens (primary N) is 1. The third-order valence-electron chi connectivity index (χ3n) is 1.52. The largest absolute Gasteiger partial charge is 0.395 e. The fourth-order valence-electron chi connectivity index (χ4n) is 1.01. The van der Waals surface area contributed by atoms with Crippen molar-refractivity contribution in [3.8, 4) is 0 Å². The number of aliphatic hydroxyl groups is 1. The van der Waals surface area contributed by atoms with Gasteiger partial charge in [0.15, 0.2) is 0 Å². The summed E-state index contributed by atoms with van der Waals surface area (Å²) in [5, 5.41) is 14.6. The number of hydrogen-bond acceptors (Lipinski definition) is 6. The van der Waals surface area contributed by atoms with Crippen LogP contribution in [-0.2, 0) is 0 Å². The maximum Gasteiger partial charge on any atom is 0.223 e. The minimum Gasteiger partial charge on any atom is -0.395 e. The molecule has 1 rings (SSSR count). The molecular formula is C8H15N5O. The molecule has 0 aromatic carbocycles. The van der Waals surface area contributed by atoms with E-state index in [4.69, 9.17) is 10.8 Å². The van der Waals surface area contributed by atoms with Crippen molar-refractivity contribution >= 4 is 17.6 Å². The molecule has 0 bridgehead atoms. The summed E-state index contributed by atoms with van der Waals surface area (Å²) in [7, 11) is 0. The van der Waals surface area contributed by atoms with Crippen LogP contribution < -0.4 is 16.4 Å². The maximum atomic E-state index is 8.62. The zero-order valence-electron chi connectivity index (χ0n) is 8.12. The van der Waals surface area contributed by atoms with Crippen LogP contribution in [0.25, 0.3) is 0 Å². The lowest BCUT2D eigenvalue weighted by atomic mass is 10.5. The molecule has 0 unspecified atom stereocenters. The van der Waals surface area contributed by atoms with Crippen molar-refractivity contribution in [2.45, 2.75) is 6.92 Å². The van der Waals surface area contributed by atoms with Gasteiger partial charge in [0, 0.05) is 19.2 Å². The number of aromatic nitrogens is 2. The van der Waals surface area contributed by atoms with Crippen LogP contribution in [0.4, 0.5) is 17.6 Å². The third kappa shape index (κ3) is 3.06. The second-order valence-corrected chi connectivity index (χ2v) is 2.68. The number of nitrogens with one attached hydrogen (secondary N) is 2. The highest BCUT2D eigenvalue weighted by molar-refractivity contribution is 5.50. The minimum absolute atomic E-state index is 0.0560. The number of anilines is 3. The molecule has 1 heterocycles. The third-order valence-corrected chi connectivity index (χ3v) is 1.52. The summed E-state index contributed by atoms with van der Waals surface area (Å²) in [6, 6.07) is 1.75. The zero-order chi connectivity index (χ0) is 10.4. The molecule has 0 saturated carbocycles. The Balaban J connectivity index is 2.73. The van der Waals surface area contributed by atoms with Crippen LogP contribution in [-0.4, -0.2) is 34.8 Å². The molecule has 0 amide bonds. The van der Waals surface area contributed by atoms with Gasteiger partial charge in [0.1, 0.15) is 11.6 Å². The Bertz CT molecular complexity index is 291. The predicted octanol–water partition coefficient (Wildman–Crippen LogP) is -0.105. The smallest absolute Gasteiger partial charge is 0.223 e. The molecule has 14 heavy (non-hydrogen) atoms. The Hall–Kier alpha value is -1.56. The molecule has 1 aromatic rings. The van der Waals surface area contributed by atoms with Gasteiger partial charge in [-0.25, -0.2) is 0 Å². The van der Waals surface area contributed by atoms with Gasteiger partial charge in [-0.05, 0) is 6.92 Å². The maximum absolute atomic E-state index is 8.62. The number of nitrogens with zero attached hydrogens (tertiary/aromatic N) is 2. The topological polar surface area (TPSA) is 96.1 Å². The van der Waals surface area contributed by atoms with Gasteiger partial charge in [-0.15, -0.1) is 0 Å². The lowest BCUT2D eigenvalue weighted by molar-refractivity contribution is 0.311. The lowest BCUT2D eigenvalue weighted by Crippen LogP contribution is -2.10. The van der Waals surface area contributed by atoms with E-state index in [9.17, 15) is 0 Å². The van der Waals surface area contributed by atoms with Crippen molar-refractivity contribution < 1.29 is 5.11 Å². The molecule has 0 saturated heterocycles. The van der Waals surface area contributed by atoms with Crippen molar-refractivity contribution in [2.24, 2.45) is 0 Å². The van der Waals surface area contributed by atoms with E-state index in [1.54, 1.807) is 6.07 Å². The van der Waals surface area contributed by atoms with Crippen molar-refractivity contribution in [3.63, 3.8) is 0 Å². The molecule has 0 aliphatic rings. The first-order valence-electron chi connectivity index (χ1n) is 4.49. The summed E-state index contributed by atoms with van der Waals surface area (Å²) in [4.78, 5) is 7.94. The molecule has 0 atom stereocenters. The summed E-state index contributed by atoms with van der Waals surface area (Å²) in [5.74, 6) is 1.51. The molecule has 1 aromatic heterocycles. The van der Waals surface area contributed by atoms with Crippen LogP contribution in [0.3, 0.4) is 0 Å². The zero-order valence-corrected chi connectivity index (χ0v) is 8.12. The fraction of sp³-hybridized carbons (Fsp3) is 0.500. The van der Waals surface area contributed by atoms with E-state index in [1.165, 1.54) is 0 Å². The van der Waals surface area contributed by atoms with Crippen LogP contribution in [0, 0.1) is 0 Å². The van der Waals surface area contributed by atoms with Gasteiger partial charge in [0.2, 0.25) is 5.95 Å². The van der Waals surface area contributed by atoms with Gasteiger partial charge in [0.25, 0.3) is 0 Å². The average molecular weight is 197 g/mol. The van der Waals surface area contributed by atoms with Gasteiger partial charge in [-0.2, -0.15) is 9.97 Å². The summed E-state index contributed by atoms with van der Waals surface area (Å²) in [6.45, 7) is 3.25. The first-order valence-corrected chi connectivity index (χ1v) is 4.49. The van der Waals surface area contributed by atoms with E-state index in [-0.39, 0.29) is 12.6 Å². The fourth-order valence-corrected chi connectivity index (χ4v) is 1.01. The van der Waals surface area contributed by atoms with E-state index in [0.29, 0.717) is 18.2 Å². The molecular weight excluding hydrogens is 182 g/mol. The van der Waals surface area contributed by atoms with Gasteiger partial charge >= 0.3 is 0 Å². The molecule has 0 aliphatic carbocycles. The molecule has 0 aliphatic heterocycles. The van der Waals surface area contributed by atoms with E-state index >= 15 is 0 Å². The normalized spacial score (nSPS) is 9.86. The van der Waals surface area contributed by atoms with E-state index in [2.05, 4.69) is 20.6 Å². The first kappa shape index (κ1) is 10.5. The number of rotatable bonds is 5. The lowest BCUT2D eigenvalue weighted by Gasteiger charge is -2.07. The second-order valence-electron chi connectivity index (χ2n) is 2.68. The van der Waals surface area contributed by atoms with Gasteiger partial charge in [-0.3, -0.25) is 0 Å². The van der Waals surface area contributed by atoms with E-state index in [0.717, 1.165) is 6.54 Å². The Kier molecular flexibility index (Phi) is 3.93. The Morgan fingerprint density at radius 3 is 2.57 bits per heavy atom. The first-order chi connectivity index (χ1) is 6.76. The van der Waals surface area contributed by atoms with Crippen LogP contribution in [0.1, 0.15) is 6.92 Å². The van der Waals surface area contributed by atoms with Crippen LogP contribution in [0.2, 0.25) is 0 Å². The summed E-state index contributed by atoms with van der Waals surface area (Å²) in [6.07, 6.45) is 0. The number of aliphatic hydroxyl groups excluding tert-OH is 1. The summed E-state index contributed by atoms with van der Waals surface area (Å²) < 4.78 is 0. The molecule has 5 N–H and O–H groups in total. The highest BCUT2D eigenvalue weighted by Gasteiger charge is 2.00. The second kappa shape index (κ2) is 5.23. The van der Waals surface area contributed by atoms with Crippen LogP contribution in [0.5, 0.6) is 0 Å². The van der Waals surface area contributed by atoms with Crippen molar-refractivity contribution in [3.05, 3.63) is 6.07 Å². The van der Waals surface area contributed by atoms with Gasteiger partial charge in [0.05, 0.1) is 6.61 Å². The minimum atomic E-state index is 0.0560. The highest BCUT2D eigenvalue weighted by atomic mass is 16.3. The van der Waals surface area contributed by atoms with Crippen LogP contribution in [0.15, 0.2) is 6.07 Å². The van der Waals surface area contributed by atoms with Gasteiger partial charge < -0.3 is 21.5 Å². The molecule has 0 radical (unpaired) electrons. The summed E-state index contributed by atoms with van der Waals surface area (Å²) >= 11 is 0.